The van der Waals surface area contributed by atoms with Crippen LogP contribution >= 0.6 is 0 Å². The average Bonchev–Trinajstić information content (AvgIpc) is 1.78. The van der Waals surface area contributed by atoms with Gasteiger partial charge in [-0.25, -0.2) is 0 Å². The zero-order valence-corrected chi connectivity index (χ0v) is 5.18. The zero-order valence-electron chi connectivity index (χ0n) is 5.18. The van der Waals surface area contributed by atoms with Crippen LogP contribution in [0.3, 0.4) is 0 Å². The van der Waals surface area contributed by atoms with Gasteiger partial charge in [-0.15, -0.1) is 0 Å². The normalized spacial score (nSPS) is 18.2. The van der Waals surface area contributed by atoms with Crippen molar-refractivity contribution in [3.63, 3.8) is 0 Å². The first-order valence-electron chi connectivity index (χ1n) is 2.96. The SMILES string of the molecule is C=CC(=O)NC1CNC1. The molecule has 1 fully saturated rings. The molecule has 0 aliphatic carbocycles. The van der Waals surface area contributed by atoms with E-state index in [1.807, 2.05) is 0 Å². The summed E-state index contributed by atoms with van der Waals surface area (Å²) in [6.07, 6.45) is 1.29. The van der Waals surface area contributed by atoms with Crippen LogP contribution in [-0.2, 0) is 4.79 Å². The third-order valence-corrected chi connectivity index (χ3v) is 1.31. The Morgan fingerprint density at radius 3 is 2.78 bits per heavy atom. The topological polar surface area (TPSA) is 41.1 Å². The molecule has 0 aromatic carbocycles. The molecule has 0 saturated carbocycles. The molecule has 50 valence electrons. The van der Waals surface area contributed by atoms with Crippen molar-refractivity contribution < 1.29 is 4.79 Å². The molecule has 0 bridgehead atoms. The highest BCUT2D eigenvalue weighted by Crippen LogP contribution is 1.89. The number of nitrogens with one attached hydrogen (secondary N) is 2. The minimum absolute atomic E-state index is 0.0819. The van der Waals surface area contributed by atoms with Crippen molar-refractivity contribution >= 4 is 5.91 Å². The predicted octanol–water partition coefficient (Wildman–Crippen LogP) is -0.740. The first-order valence-corrected chi connectivity index (χ1v) is 2.96. The Labute approximate surface area is 54.1 Å². The number of amides is 1. The van der Waals surface area contributed by atoms with Gasteiger partial charge in [-0.2, -0.15) is 0 Å². The Kier molecular flexibility index (Phi) is 1.85. The van der Waals surface area contributed by atoms with E-state index in [9.17, 15) is 4.79 Å². The molecule has 1 saturated heterocycles. The van der Waals surface area contributed by atoms with Crippen molar-refractivity contribution in [1.29, 1.82) is 0 Å². The number of hydrogen-bond donors (Lipinski definition) is 2. The first-order chi connectivity index (χ1) is 4.33. The van der Waals surface area contributed by atoms with Crippen molar-refractivity contribution in [3.05, 3.63) is 12.7 Å². The minimum atomic E-state index is -0.0819. The van der Waals surface area contributed by atoms with Crippen LogP contribution in [0.1, 0.15) is 0 Å². The summed E-state index contributed by atoms with van der Waals surface area (Å²) in [5, 5.41) is 5.79. The number of carbonyl (C=O) groups is 1. The number of rotatable bonds is 2. The van der Waals surface area contributed by atoms with E-state index in [0.29, 0.717) is 6.04 Å². The molecule has 1 aliphatic heterocycles. The van der Waals surface area contributed by atoms with E-state index in [0.717, 1.165) is 13.1 Å². The van der Waals surface area contributed by atoms with E-state index in [1.54, 1.807) is 0 Å². The number of hydrogen-bond acceptors (Lipinski definition) is 2. The Hall–Kier alpha value is -0.830. The van der Waals surface area contributed by atoms with Gasteiger partial charge in [0.05, 0.1) is 6.04 Å². The van der Waals surface area contributed by atoms with Crippen LogP contribution in [0.4, 0.5) is 0 Å². The average molecular weight is 126 g/mol. The van der Waals surface area contributed by atoms with E-state index >= 15 is 0 Å². The fraction of sp³-hybridized carbons (Fsp3) is 0.500. The molecule has 9 heavy (non-hydrogen) atoms. The summed E-state index contributed by atoms with van der Waals surface area (Å²) < 4.78 is 0. The van der Waals surface area contributed by atoms with E-state index in [-0.39, 0.29) is 5.91 Å². The van der Waals surface area contributed by atoms with Gasteiger partial charge < -0.3 is 10.6 Å². The molecule has 3 heteroatoms. The van der Waals surface area contributed by atoms with Crippen LogP contribution < -0.4 is 10.6 Å². The van der Waals surface area contributed by atoms with Crippen LogP contribution in [-0.4, -0.2) is 25.0 Å². The lowest BCUT2D eigenvalue weighted by molar-refractivity contribution is -0.117. The largest absolute Gasteiger partial charge is 0.347 e. The van der Waals surface area contributed by atoms with E-state index in [4.69, 9.17) is 0 Å². The van der Waals surface area contributed by atoms with Gasteiger partial charge in [0.25, 0.3) is 0 Å². The Balaban J connectivity index is 2.16. The van der Waals surface area contributed by atoms with Gasteiger partial charge in [-0.05, 0) is 6.08 Å². The Bertz CT molecular complexity index is 129. The van der Waals surface area contributed by atoms with Crippen LogP contribution in [0.15, 0.2) is 12.7 Å². The molecular formula is C6H10N2O. The van der Waals surface area contributed by atoms with Crippen molar-refractivity contribution in [2.75, 3.05) is 13.1 Å². The molecule has 0 aromatic heterocycles. The van der Waals surface area contributed by atoms with Gasteiger partial charge in [0, 0.05) is 13.1 Å². The minimum Gasteiger partial charge on any atom is -0.347 e. The molecule has 1 aliphatic rings. The maximum Gasteiger partial charge on any atom is 0.243 e. The fourth-order valence-electron chi connectivity index (χ4n) is 0.651. The summed E-state index contributed by atoms with van der Waals surface area (Å²) in [5.74, 6) is -0.0819. The van der Waals surface area contributed by atoms with E-state index in [1.165, 1.54) is 6.08 Å². The maximum atomic E-state index is 10.6. The second-order valence-electron chi connectivity index (χ2n) is 2.07. The van der Waals surface area contributed by atoms with Gasteiger partial charge in [-0.3, -0.25) is 4.79 Å². The quantitative estimate of drug-likeness (QED) is 0.478. The lowest BCUT2D eigenvalue weighted by Crippen LogP contribution is -2.56. The van der Waals surface area contributed by atoms with Crippen molar-refractivity contribution in [3.8, 4) is 0 Å². The van der Waals surface area contributed by atoms with Crippen LogP contribution in [0.5, 0.6) is 0 Å². The standard InChI is InChI=1S/C6H10N2O/c1-2-6(9)8-5-3-7-4-5/h2,5,7H,1,3-4H2,(H,8,9). The molecule has 1 amide bonds. The van der Waals surface area contributed by atoms with E-state index < -0.39 is 0 Å². The smallest absolute Gasteiger partial charge is 0.243 e. The summed E-state index contributed by atoms with van der Waals surface area (Å²) in [6.45, 7) is 5.12. The number of carbonyl (C=O) groups excluding carboxylic acids is 1. The van der Waals surface area contributed by atoms with Crippen LogP contribution in [0, 0.1) is 0 Å². The summed E-state index contributed by atoms with van der Waals surface area (Å²) in [5.41, 5.74) is 0. The van der Waals surface area contributed by atoms with Gasteiger partial charge in [-0.1, -0.05) is 6.58 Å². The third-order valence-electron chi connectivity index (χ3n) is 1.31. The lowest BCUT2D eigenvalue weighted by atomic mass is 10.2. The van der Waals surface area contributed by atoms with Gasteiger partial charge in [0.1, 0.15) is 0 Å². The summed E-state index contributed by atoms with van der Waals surface area (Å²) in [6, 6.07) is 0.329. The summed E-state index contributed by atoms with van der Waals surface area (Å²) in [7, 11) is 0. The van der Waals surface area contributed by atoms with E-state index in [2.05, 4.69) is 17.2 Å². The molecule has 0 atom stereocenters. The molecule has 3 nitrogen and oxygen atoms in total. The Morgan fingerprint density at radius 2 is 2.44 bits per heavy atom. The second kappa shape index (κ2) is 2.64. The molecule has 1 rings (SSSR count). The highest BCUT2D eigenvalue weighted by Gasteiger charge is 2.16. The maximum absolute atomic E-state index is 10.6. The molecule has 1 heterocycles. The lowest BCUT2D eigenvalue weighted by Gasteiger charge is -2.27. The highest BCUT2D eigenvalue weighted by molar-refractivity contribution is 5.87. The van der Waals surface area contributed by atoms with Gasteiger partial charge >= 0.3 is 0 Å². The second-order valence-corrected chi connectivity index (χ2v) is 2.07. The highest BCUT2D eigenvalue weighted by atomic mass is 16.1. The molecule has 0 unspecified atom stereocenters. The summed E-state index contributed by atoms with van der Waals surface area (Å²) in [4.78, 5) is 10.6. The molecule has 0 radical (unpaired) electrons. The fourth-order valence-corrected chi connectivity index (χ4v) is 0.651. The van der Waals surface area contributed by atoms with Crippen molar-refractivity contribution in [2.45, 2.75) is 6.04 Å². The van der Waals surface area contributed by atoms with Crippen LogP contribution in [0.2, 0.25) is 0 Å². The van der Waals surface area contributed by atoms with Crippen LogP contribution in [0.25, 0.3) is 0 Å². The molecule has 2 N–H and O–H groups in total. The Morgan fingerprint density at radius 1 is 1.78 bits per heavy atom. The summed E-state index contributed by atoms with van der Waals surface area (Å²) >= 11 is 0. The zero-order chi connectivity index (χ0) is 6.69. The third kappa shape index (κ3) is 1.54. The van der Waals surface area contributed by atoms with Gasteiger partial charge in [0.2, 0.25) is 5.91 Å². The van der Waals surface area contributed by atoms with Crippen molar-refractivity contribution in [2.24, 2.45) is 0 Å². The molecule has 0 spiro atoms. The first kappa shape index (κ1) is 6.29. The van der Waals surface area contributed by atoms with Gasteiger partial charge in [0.15, 0.2) is 0 Å². The molecule has 0 aromatic rings. The predicted molar refractivity (Wildman–Crippen MR) is 35.0 cm³/mol. The molecular weight excluding hydrogens is 116 g/mol. The monoisotopic (exact) mass is 126 g/mol. The van der Waals surface area contributed by atoms with Crippen molar-refractivity contribution in [1.82, 2.24) is 10.6 Å².